The molecule has 0 bridgehead atoms. The van der Waals surface area contributed by atoms with Crippen molar-refractivity contribution >= 4 is 43.6 Å². The van der Waals surface area contributed by atoms with Crippen molar-refractivity contribution in [3.8, 4) is 89.5 Å². The number of pyridine rings is 8. The van der Waals surface area contributed by atoms with Crippen LogP contribution >= 0.6 is 0 Å². The predicted octanol–water partition coefficient (Wildman–Crippen LogP) is 24.1. The molecule has 582 valence electrons. The fourth-order valence-electron chi connectivity index (χ4n) is 19.8. The van der Waals surface area contributed by atoms with Crippen molar-refractivity contribution in [2.45, 2.75) is 160 Å². The van der Waals surface area contributed by atoms with Crippen molar-refractivity contribution < 1.29 is 18.3 Å². The number of nitrogens with zero attached hydrogens (tertiary/aromatic N) is 8. The Morgan fingerprint density at radius 3 is 0.889 bits per heavy atom. The molecule has 0 radical (unpaired) electrons. The van der Waals surface area contributed by atoms with Crippen LogP contribution in [-0.2, 0) is 56.3 Å². The number of rotatable bonds is 6. The van der Waals surface area contributed by atoms with Crippen molar-refractivity contribution in [1.82, 2.24) is 19.9 Å². The molecule has 0 amide bonds. The summed E-state index contributed by atoms with van der Waals surface area (Å²) in [7, 11) is 8.70. The topological polar surface area (TPSA) is 67.1 Å². The summed E-state index contributed by atoms with van der Waals surface area (Å²) in [6, 6.07) is 85.1. The molecule has 20 rings (SSSR count). The zero-order valence-corrected chi connectivity index (χ0v) is 72.8. The summed E-state index contributed by atoms with van der Waals surface area (Å²) >= 11 is 0. The largest absolute Gasteiger partial charge is 0.257 e. The number of hydrogen-bond acceptors (Lipinski definition) is 4. The van der Waals surface area contributed by atoms with E-state index in [0.29, 0.717) is 5.92 Å². The lowest BCUT2D eigenvalue weighted by molar-refractivity contribution is -0.633. The number of fused-ring (bicyclic) bond motifs is 16. The molecule has 0 spiro atoms. The molecular weight excluding hydrogens is 1420 g/mol. The predicted molar refractivity (Wildman–Crippen MR) is 485 cm³/mol. The first kappa shape index (κ1) is 77.6. The van der Waals surface area contributed by atoms with E-state index in [2.05, 4.69) is 409 Å². The normalized spacial score (nSPS) is 14.2. The highest BCUT2D eigenvalue weighted by molar-refractivity contribution is 5.90. The molecule has 0 saturated carbocycles. The van der Waals surface area contributed by atoms with Crippen LogP contribution in [0, 0.1) is 68.2 Å². The Morgan fingerprint density at radius 2 is 0.547 bits per heavy atom. The minimum absolute atomic E-state index is 0.0887. The molecule has 0 aliphatic heterocycles. The van der Waals surface area contributed by atoms with Gasteiger partial charge in [-0.05, 0) is 244 Å². The van der Waals surface area contributed by atoms with Crippen LogP contribution in [0.3, 0.4) is 0 Å². The van der Waals surface area contributed by atoms with Crippen LogP contribution in [0.15, 0.2) is 231 Å². The van der Waals surface area contributed by atoms with E-state index in [4.69, 9.17) is 19.9 Å². The Morgan fingerprint density at radius 1 is 0.256 bits per heavy atom. The first-order valence-electron chi connectivity index (χ1n) is 41.8. The van der Waals surface area contributed by atoms with Crippen LogP contribution in [0.5, 0.6) is 0 Å². The lowest BCUT2D eigenvalue weighted by Gasteiger charge is -2.21. The molecule has 8 aromatic carbocycles. The van der Waals surface area contributed by atoms with E-state index in [1.807, 2.05) is 0 Å². The molecule has 117 heavy (non-hydrogen) atoms. The number of aromatic nitrogens is 8. The van der Waals surface area contributed by atoms with E-state index in [0.717, 1.165) is 29.2 Å². The second-order valence-corrected chi connectivity index (χ2v) is 36.5. The van der Waals surface area contributed by atoms with Gasteiger partial charge >= 0.3 is 0 Å². The van der Waals surface area contributed by atoms with Gasteiger partial charge in [0.2, 0.25) is 44.8 Å². The van der Waals surface area contributed by atoms with Gasteiger partial charge in [0.15, 0.2) is 0 Å². The zero-order chi connectivity index (χ0) is 82.5. The van der Waals surface area contributed by atoms with Crippen LogP contribution < -0.4 is 18.3 Å². The zero-order valence-electron chi connectivity index (χ0n) is 72.8. The standard InChI is InChI=1S/C30H33N2.C27H27N2.2C26H25N2/c1-18(2)14-21-9-10-22-11-13-27(32(7)28(22)16-21)24-17-26-25(15-19(24)3)23-12-8-20(4)31-29(23)30(26,5)6;1-16-8-7-9-24-19(16)12-13-25(29(24)6)21-15-23-22(14-17(21)2)20-11-10-18(3)28-26(20)27(23,4)5;2*1-16-14-21-19-12-10-17(2)27-25(19)26(3,4)22(21)15-20(16)24-13-11-18-8-6-7-9-23(18)28(24)5/h8-13,15-18H,14H2,1-7H3;7-15H,1-6H3;2*6-15H,1-5H3/q4*+1. The van der Waals surface area contributed by atoms with Gasteiger partial charge < -0.3 is 0 Å². The molecule has 8 heterocycles. The van der Waals surface area contributed by atoms with Gasteiger partial charge in [0.25, 0.3) is 0 Å². The van der Waals surface area contributed by atoms with E-state index in [-0.39, 0.29) is 21.7 Å². The maximum absolute atomic E-state index is 4.94. The molecule has 16 aromatic rings. The third kappa shape index (κ3) is 13.0. The molecular formula is C109H110N8+4. The quantitative estimate of drug-likeness (QED) is 0.156. The molecule has 4 aliphatic carbocycles. The minimum Gasteiger partial charge on any atom is -0.257 e. The summed E-state index contributed by atoms with van der Waals surface area (Å²) in [6.07, 6.45) is 1.11. The van der Waals surface area contributed by atoms with Crippen molar-refractivity contribution in [3.05, 3.63) is 332 Å². The van der Waals surface area contributed by atoms with Gasteiger partial charge in [-0.15, -0.1) is 0 Å². The molecule has 0 N–H and O–H groups in total. The summed E-state index contributed by atoms with van der Waals surface area (Å²) in [4.78, 5) is 19.7. The van der Waals surface area contributed by atoms with Gasteiger partial charge in [-0.3, -0.25) is 19.9 Å². The lowest BCUT2D eigenvalue weighted by atomic mass is 9.83. The van der Waals surface area contributed by atoms with E-state index >= 15 is 0 Å². The summed E-state index contributed by atoms with van der Waals surface area (Å²) in [5, 5.41) is 5.12. The minimum atomic E-state index is -0.0982. The number of aryl methyl sites for hydroxylation is 13. The second-order valence-electron chi connectivity index (χ2n) is 36.5. The Bertz CT molecular complexity index is 6660. The smallest absolute Gasteiger partial charge is 0.213 e. The highest BCUT2D eigenvalue weighted by Crippen LogP contribution is 2.54. The Kier molecular flexibility index (Phi) is 19.0. The molecule has 8 nitrogen and oxygen atoms in total. The third-order valence-corrected chi connectivity index (χ3v) is 26.4. The number of para-hydroxylation sites is 2. The average Bonchev–Trinajstić information content (AvgIpc) is 1.60. The Hall–Kier alpha value is -12.0. The van der Waals surface area contributed by atoms with Crippen molar-refractivity contribution in [2.24, 2.45) is 34.1 Å². The fraction of sp³-hybridized carbons (Fsp3) is 0.266. The van der Waals surface area contributed by atoms with Gasteiger partial charge in [-0.1, -0.05) is 160 Å². The van der Waals surface area contributed by atoms with Gasteiger partial charge in [0.1, 0.15) is 28.2 Å². The molecule has 4 aliphatic rings. The van der Waals surface area contributed by atoms with Crippen LogP contribution in [0.2, 0.25) is 0 Å². The monoisotopic (exact) mass is 1530 g/mol. The Labute approximate surface area is 692 Å². The second kappa shape index (κ2) is 28.7. The first-order chi connectivity index (χ1) is 55.7. The highest BCUT2D eigenvalue weighted by Gasteiger charge is 2.43. The van der Waals surface area contributed by atoms with Crippen LogP contribution in [0.25, 0.3) is 133 Å². The maximum atomic E-state index is 4.94. The molecule has 0 fully saturated rings. The molecule has 0 saturated heterocycles. The maximum Gasteiger partial charge on any atom is 0.213 e. The summed E-state index contributed by atoms with van der Waals surface area (Å²) < 4.78 is 9.31. The van der Waals surface area contributed by atoms with E-state index in [9.17, 15) is 0 Å². The van der Waals surface area contributed by atoms with Crippen LogP contribution in [-0.4, -0.2) is 19.9 Å². The van der Waals surface area contributed by atoms with E-state index in [1.165, 1.54) is 212 Å². The summed E-state index contributed by atoms with van der Waals surface area (Å²) in [6.45, 7) is 42.3. The number of hydrogen-bond donors (Lipinski definition) is 0. The molecule has 0 unspecified atom stereocenters. The van der Waals surface area contributed by atoms with Gasteiger partial charge in [0.05, 0.1) is 22.8 Å². The first-order valence-corrected chi connectivity index (χ1v) is 41.8. The van der Waals surface area contributed by atoms with Gasteiger partial charge in [0, 0.05) is 159 Å². The highest BCUT2D eigenvalue weighted by atomic mass is 15.0. The average molecular weight is 1530 g/mol. The van der Waals surface area contributed by atoms with Crippen molar-refractivity contribution in [1.29, 1.82) is 0 Å². The number of benzene rings is 8. The van der Waals surface area contributed by atoms with Crippen molar-refractivity contribution in [3.63, 3.8) is 0 Å². The molecule has 8 heteroatoms. The summed E-state index contributed by atoms with van der Waals surface area (Å²) in [5.74, 6) is 0.654. The van der Waals surface area contributed by atoms with E-state index < -0.39 is 0 Å². The fourth-order valence-corrected chi connectivity index (χ4v) is 19.8. The lowest BCUT2D eigenvalue weighted by Crippen LogP contribution is -2.32. The molecule has 8 aromatic heterocycles. The molecule has 0 atom stereocenters. The van der Waals surface area contributed by atoms with Gasteiger partial charge in [-0.25, -0.2) is 0 Å². The van der Waals surface area contributed by atoms with Crippen LogP contribution in [0.1, 0.15) is 170 Å². The van der Waals surface area contributed by atoms with Crippen molar-refractivity contribution in [2.75, 3.05) is 0 Å². The summed E-state index contributed by atoms with van der Waals surface area (Å²) in [5.41, 5.74) is 47.9. The Balaban J connectivity index is 0.000000112. The third-order valence-electron chi connectivity index (χ3n) is 26.4. The van der Waals surface area contributed by atoms with Gasteiger partial charge in [-0.2, -0.15) is 18.3 Å². The van der Waals surface area contributed by atoms with E-state index in [1.54, 1.807) is 0 Å². The van der Waals surface area contributed by atoms with Crippen LogP contribution in [0.4, 0.5) is 0 Å². The SMILES string of the molecule is Cc1ccc2c(n1)C(C)(C)c1cc(-c3ccc4c(C)cccc4[n+]3C)c(C)cc1-2.Cc1ccc2c(n1)C(C)(C)c1cc(-c3ccc4ccc(CC(C)C)cc4[n+]3C)c(C)cc1-2.Cc1ccc2c(n1)C(C)(C)c1cc(-c3ccc4ccccc4[n+]3C)c(C)cc1-2.Cc1ccc2c(n1)C(C)(C)c1cc(-c3ccc4ccccc4[n+]3C)c(C)cc1-2.